The Morgan fingerprint density at radius 1 is 1.30 bits per heavy atom. The number of nitrogens with one attached hydrogen (secondary N) is 1. The molecule has 0 saturated heterocycles. The average molecular weight is 284 g/mol. The summed E-state index contributed by atoms with van der Waals surface area (Å²) < 4.78 is 33.8. The van der Waals surface area contributed by atoms with Gasteiger partial charge in [0.2, 0.25) is 5.88 Å². The molecule has 6 nitrogen and oxygen atoms in total. The third-order valence-corrected chi connectivity index (χ3v) is 2.38. The lowest BCUT2D eigenvalue weighted by Gasteiger charge is -2.11. The number of hydrogen-bond donors (Lipinski definition) is 2. The van der Waals surface area contributed by atoms with Crippen molar-refractivity contribution in [2.24, 2.45) is 0 Å². The van der Waals surface area contributed by atoms with Gasteiger partial charge in [-0.3, -0.25) is 4.79 Å². The summed E-state index contributed by atoms with van der Waals surface area (Å²) in [5, 5.41) is 9.26. The van der Waals surface area contributed by atoms with E-state index in [1.54, 1.807) is 0 Å². The third-order valence-electron chi connectivity index (χ3n) is 2.38. The Kier molecular flexibility index (Phi) is 3.83. The van der Waals surface area contributed by atoms with Gasteiger partial charge in [-0.05, 0) is 18.2 Å². The number of benzene rings is 1. The van der Waals surface area contributed by atoms with E-state index in [2.05, 4.69) is 14.7 Å². The van der Waals surface area contributed by atoms with Gasteiger partial charge in [0, 0.05) is 5.56 Å². The van der Waals surface area contributed by atoms with Crippen molar-refractivity contribution in [3.8, 4) is 28.8 Å². The molecular weight excluding hydrogens is 274 g/mol. The molecule has 0 amide bonds. The molecule has 0 atom stereocenters. The van der Waals surface area contributed by atoms with Crippen LogP contribution in [0.25, 0.3) is 11.4 Å². The molecule has 0 fully saturated rings. The van der Waals surface area contributed by atoms with E-state index in [1.165, 1.54) is 25.3 Å². The van der Waals surface area contributed by atoms with Gasteiger partial charge in [0.1, 0.15) is 5.82 Å². The van der Waals surface area contributed by atoms with Crippen LogP contribution in [0, 0.1) is 0 Å². The van der Waals surface area contributed by atoms with Crippen molar-refractivity contribution in [3.05, 3.63) is 34.6 Å². The number of halogens is 2. The summed E-state index contributed by atoms with van der Waals surface area (Å²) in [6, 6.07) is 4.98. The molecule has 2 rings (SSSR count). The number of rotatable bonds is 4. The highest BCUT2D eigenvalue weighted by atomic mass is 19.3. The maximum atomic E-state index is 12.3. The topological polar surface area (TPSA) is 84.4 Å². The molecule has 2 N–H and O–H groups in total. The molecular formula is C12H10F2N2O4. The van der Waals surface area contributed by atoms with Crippen molar-refractivity contribution in [2.75, 3.05) is 7.11 Å². The van der Waals surface area contributed by atoms with Crippen LogP contribution in [0.15, 0.2) is 29.1 Å². The van der Waals surface area contributed by atoms with Crippen LogP contribution in [-0.4, -0.2) is 28.8 Å². The van der Waals surface area contributed by atoms with Crippen molar-refractivity contribution < 1.29 is 23.4 Å². The molecule has 1 heterocycles. The van der Waals surface area contributed by atoms with Gasteiger partial charge < -0.3 is 19.6 Å². The number of aromatic hydroxyl groups is 1. The second-order valence-corrected chi connectivity index (χ2v) is 3.70. The van der Waals surface area contributed by atoms with Crippen LogP contribution < -0.4 is 15.0 Å². The third kappa shape index (κ3) is 3.02. The highest BCUT2D eigenvalue weighted by Crippen LogP contribution is 2.32. The molecule has 0 saturated carbocycles. The number of H-pyrrole nitrogens is 1. The van der Waals surface area contributed by atoms with Gasteiger partial charge in [-0.15, -0.1) is 0 Å². The largest absolute Gasteiger partial charge is 0.493 e. The van der Waals surface area contributed by atoms with Crippen LogP contribution in [0.4, 0.5) is 8.78 Å². The predicted molar refractivity (Wildman–Crippen MR) is 65.1 cm³/mol. The molecule has 0 aliphatic heterocycles. The van der Waals surface area contributed by atoms with E-state index < -0.39 is 18.1 Å². The van der Waals surface area contributed by atoms with E-state index in [4.69, 9.17) is 4.74 Å². The monoisotopic (exact) mass is 284 g/mol. The smallest absolute Gasteiger partial charge is 0.387 e. The fourth-order valence-corrected chi connectivity index (χ4v) is 1.59. The van der Waals surface area contributed by atoms with Crippen molar-refractivity contribution >= 4 is 0 Å². The van der Waals surface area contributed by atoms with Gasteiger partial charge in [0.05, 0.1) is 13.2 Å². The Bertz CT molecular complexity index is 673. The Morgan fingerprint density at radius 3 is 2.65 bits per heavy atom. The van der Waals surface area contributed by atoms with E-state index in [-0.39, 0.29) is 22.9 Å². The minimum atomic E-state index is -3.02. The van der Waals surface area contributed by atoms with Crippen molar-refractivity contribution in [3.63, 3.8) is 0 Å². The summed E-state index contributed by atoms with van der Waals surface area (Å²) in [4.78, 5) is 17.3. The van der Waals surface area contributed by atoms with Crippen LogP contribution in [0.2, 0.25) is 0 Å². The van der Waals surface area contributed by atoms with E-state index in [0.29, 0.717) is 0 Å². The minimum Gasteiger partial charge on any atom is -0.493 e. The quantitative estimate of drug-likeness (QED) is 0.893. The normalized spacial score (nSPS) is 10.6. The lowest BCUT2D eigenvalue weighted by atomic mass is 10.2. The Hall–Kier alpha value is -2.64. The minimum absolute atomic E-state index is 0.0248. The first-order valence-electron chi connectivity index (χ1n) is 5.43. The fourth-order valence-electron chi connectivity index (χ4n) is 1.59. The molecule has 0 aliphatic rings. The number of hydrogen-bond acceptors (Lipinski definition) is 5. The summed E-state index contributed by atoms with van der Waals surface area (Å²) >= 11 is 0. The molecule has 0 radical (unpaired) electrons. The Balaban J connectivity index is 2.49. The SMILES string of the molecule is COc1ccc(-c2nc(O)cc(=O)[nH]2)cc1OC(F)F. The maximum absolute atomic E-state index is 12.3. The van der Waals surface area contributed by atoms with Gasteiger partial charge in [-0.25, -0.2) is 0 Å². The number of alkyl halides is 2. The zero-order valence-corrected chi connectivity index (χ0v) is 10.3. The molecule has 2 aromatic rings. The van der Waals surface area contributed by atoms with E-state index >= 15 is 0 Å². The van der Waals surface area contributed by atoms with Gasteiger partial charge >= 0.3 is 6.61 Å². The van der Waals surface area contributed by atoms with Crippen LogP contribution in [0.5, 0.6) is 17.4 Å². The lowest BCUT2D eigenvalue weighted by molar-refractivity contribution is -0.0511. The number of aromatic amines is 1. The number of ether oxygens (including phenoxy) is 2. The van der Waals surface area contributed by atoms with Crippen molar-refractivity contribution in [1.82, 2.24) is 9.97 Å². The molecule has 1 aromatic carbocycles. The molecule has 0 unspecified atom stereocenters. The molecule has 0 spiro atoms. The predicted octanol–water partition coefficient (Wildman–Crippen LogP) is 1.75. The summed E-state index contributed by atoms with van der Waals surface area (Å²) in [5.74, 6) is -0.546. The standard InChI is InChI=1S/C12H10F2N2O4/c1-19-7-3-2-6(4-8(7)20-12(13)14)11-15-9(17)5-10(18)16-11/h2-5,12H,1H3,(H2,15,16,17,18). The summed E-state index contributed by atoms with van der Waals surface area (Å²) in [6.07, 6.45) is 0. The first-order valence-corrected chi connectivity index (χ1v) is 5.43. The highest BCUT2D eigenvalue weighted by Gasteiger charge is 2.13. The number of aromatic nitrogens is 2. The van der Waals surface area contributed by atoms with Gasteiger partial charge in [-0.2, -0.15) is 13.8 Å². The van der Waals surface area contributed by atoms with Crippen LogP contribution in [0.1, 0.15) is 0 Å². The van der Waals surface area contributed by atoms with Gasteiger partial charge in [-0.1, -0.05) is 0 Å². The second-order valence-electron chi connectivity index (χ2n) is 3.70. The van der Waals surface area contributed by atoms with Crippen molar-refractivity contribution in [2.45, 2.75) is 6.61 Å². The Labute approximate surface area is 111 Å². The van der Waals surface area contributed by atoms with Crippen LogP contribution >= 0.6 is 0 Å². The second kappa shape index (κ2) is 5.55. The summed E-state index contributed by atoms with van der Waals surface area (Å²) in [5.41, 5.74) is -0.283. The van der Waals surface area contributed by atoms with E-state index in [0.717, 1.165) is 6.07 Å². The summed E-state index contributed by atoms with van der Waals surface area (Å²) in [6.45, 7) is -3.02. The highest BCUT2D eigenvalue weighted by molar-refractivity contribution is 5.61. The average Bonchev–Trinajstić information content (AvgIpc) is 2.36. The van der Waals surface area contributed by atoms with Crippen LogP contribution in [-0.2, 0) is 0 Å². The van der Waals surface area contributed by atoms with Gasteiger partial charge in [0.25, 0.3) is 5.56 Å². The molecule has 0 aliphatic carbocycles. The molecule has 0 bridgehead atoms. The van der Waals surface area contributed by atoms with Gasteiger partial charge in [0.15, 0.2) is 11.5 Å². The van der Waals surface area contributed by atoms with Crippen molar-refractivity contribution in [1.29, 1.82) is 0 Å². The maximum Gasteiger partial charge on any atom is 0.387 e. The number of nitrogens with zero attached hydrogens (tertiary/aromatic N) is 1. The zero-order chi connectivity index (χ0) is 14.7. The fraction of sp³-hybridized carbons (Fsp3) is 0.167. The zero-order valence-electron chi connectivity index (χ0n) is 10.3. The molecule has 106 valence electrons. The molecule has 20 heavy (non-hydrogen) atoms. The first kappa shape index (κ1) is 13.8. The lowest BCUT2D eigenvalue weighted by Crippen LogP contribution is -2.07. The first-order chi connectivity index (χ1) is 9.49. The van der Waals surface area contributed by atoms with Crippen LogP contribution in [0.3, 0.4) is 0 Å². The van der Waals surface area contributed by atoms with E-state index in [9.17, 15) is 18.7 Å². The summed E-state index contributed by atoms with van der Waals surface area (Å²) in [7, 11) is 1.31. The Morgan fingerprint density at radius 2 is 2.05 bits per heavy atom. The molecule has 1 aromatic heterocycles. The molecule has 8 heteroatoms. The van der Waals surface area contributed by atoms with E-state index in [1.807, 2.05) is 0 Å². The number of methoxy groups -OCH3 is 1.